The molecule has 136 valence electrons. The summed E-state index contributed by atoms with van der Waals surface area (Å²) in [5, 5.41) is 0. The summed E-state index contributed by atoms with van der Waals surface area (Å²) >= 11 is 1.46. The van der Waals surface area contributed by atoms with E-state index in [4.69, 9.17) is 0 Å². The van der Waals surface area contributed by atoms with Crippen molar-refractivity contribution in [3.8, 4) is 0 Å². The molecule has 4 rings (SSSR count). The number of hydrogen-bond acceptors (Lipinski definition) is 0. The van der Waals surface area contributed by atoms with E-state index in [0.717, 1.165) is 6.42 Å². The molecule has 0 N–H and O–H groups in total. The van der Waals surface area contributed by atoms with Crippen molar-refractivity contribution < 1.29 is 49.0 Å². The summed E-state index contributed by atoms with van der Waals surface area (Å²) in [7, 11) is 0. The molecule has 0 radical (unpaired) electrons. The van der Waals surface area contributed by atoms with E-state index in [1.165, 1.54) is 44.1 Å². The molecule has 0 spiro atoms. The van der Waals surface area contributed by atoms with Crippen LogP contribution < -0.4 is 24.8 Å². The normalized spacial score (nSPS) is 11.8. The van der Waals surface area contributed by atoms with Gasteiger partial charge in [-0.05, 0) is 5.92 Å². The van der Waals surface area contributed by atoms with Crippen LogP contribution in [0.25, 0.3) is 0 Å². The van der Waals surface area contributed by atoms with Crippen molar-refractivity contribution in [2.24, 2.45) is 5.92 Å². The van der Waals surface area contributed by atoms with Gasteiger partial charge < -0.3 is 24.8 Å². The van der Waals surface area contributed by atoms with Gasteiger partial charge in [-0.25, -0.2) is 12.1 Å². The van der Waals surface area contributed by atoms with Gasteiger partial charge in [0.1, 0.15) is 0 Å². The molecule has 0 unspecified atom stereocenters. The van der Waals surface area contributed by atoms with E-state index in [0.29, 0.717) is 5.92 Å². The van der Waals surface area contributed by atoms with Crippen LogP contribution in [0.5, 0.6) is 0 Å². The van der Waals surface area contributed by atoms with Gasteiger partial charge in [-0.1, -0.05) is 30.7 Å². The van der Waals surface area contributed by atoms with Crippen molar-refractivity contribution in [3.63, 3.8) is 0 Å². The zero-order valence-electron chi connectivity index (χ0n) is 14.9. The van der Waals surface area contributed by atoms with Gasteiger partial charge in [0, 0.05) is 0 Å². The SMILES string of the molecule is C1=CC(C[c-]2cccc2)C=C1.[Cl-].[Cl-].[Zr+2]=[C](c1ccccc1)c1ccccc1. The van der Waals surface area contributed by atoms with Crippen LogP contribution in [0.15, 0.2) is 109 Å². The van der Waals surface area contributed by atoms with Crippen LogP contribution >= 0.6 is 0 Å². The van der Waals surface area contributed by atoms with Crippen molar-refractivity contribution in [3.05, 3.63) is 126 Å². The molecule has 27 heavy (non-hydrogen) atoms. The van der Waals surface area contributed by atoms with Crippen LogP contribution in [0.2, 0.25) is 0 Å². The first kappa shape index (κ1) is 23.6. The number of allylic oxidation sites excluding steroid dienone is 4. The van der Waals surface area contributed by atoms with Gasteiger partial charge in [0.15, 0.2) is 0 Å². The zero-order chi connectivity index (χ0) is 17.3. The van der Waals surface area contributed by atoms with Crippen molar-refractivity contribution in [1.82, 2.24) is 0 Å². The van der Waals surface area contributed by atoms with Crippen LogP contribution in [-0.4, -0.2) is 3.21 Å². The van der Waals surface area contributed by atoms with Gasteiger partial charge in [0.25, 0.3) is 0 Å². The number of hydrogen-bond donors (Lipinski definition) is 0. The average molecular weight is 472 g/mol. The molecular weight excluding hydrogens is 450 g/mol. The summed E-state index contributed by atoms with van der Waals surface area (Å²) in [6.45, 7) is 0. The fourth-order valence-electron chi connectivity index (χ4n) is 2.81. The first-order chi connectivity index (χ1) is 12.3. The topological polar surface area (TPSA) is 0 Å². The van der Waals surface area contributed by atoms with Gasteiger partial charge in [0.2, 0.25) is 0 Å². The Balaban J connectivity index is 0.000000257. The van der Waals surface area contributed by atoms with Crippen molar-refractivity contribution in [2.75, 3.05) is 0 Å². The summed E-state index contributed by atoms with van der Waals surface area (Å²) in [5.74, 6) is 0.636. The molecule has 0 atom stereocenters. The fraction of sp³-hybridized carbons (Fsp3) is 0.0833. The second-order valence-corrected chi connectivity index (χ2v) is 7.27. The Morgan fingerprint density at radius 1 is 0.704 bits per heavy atom. The monoisotopic (exact) mass is 469 g/mol. The Morgan fingerprint density at radius 2 is 1.15 bits per heavy atom. The molecule has 0 heterocycles. The van der Waals surface area contributed by atoms with E-state index in [9.17, 15) is 0 Å². The van der Waals surface area contributed by atoms with E-state index in [-0.39, 0.29) is 24.8 Å². The minimum atomic E-state index is 0. The van der Waals surface area contributed by atoms with Crippen LogP contribution in [-0.2, 0) is 30.7 Å². The number of rotatable bonds is 4. The Bertz CT molecular complexity index is 781. The predicted molar refractivity (Wildman–Crippen MR) is 104 cm³/mol. The third kappa shape index (κ3) is 7.62. The van der Waals surface area contributed by atoms with Crippen LogP contribution in [0.4, 0.5) is 0 Å². The summed E-state index contributed by atoms with van der Waals surface area (Å²) in [4.78, 5) is 0. The molecule has 1 aliphatic rings. The molecule has 1 aliphatic carbocycles. The third-order valence-electron chi connectivity index (χ3n) is 4.16. The third-order valence-corrected chi connectivity index (χ3v) is 5.57. The summed E-state index contributed by atoms with van der Waals surface area (Å²) < 4.78 is 1.42. The Hall–Kier alpha value is -1.40. The van der Waals surface area contributed by atoms with Gasteiger partial charge >= 0.3 is 99.2 Å². The molecular formula is C24H21Cl2Zr-. The second kappa shape index (κ2) is 12.9. The molecule has 0 amide bonds. The van der Waals surface area contributed by atoms with Crippen molar-refractivity contribution in [1.29, 1.82) is 0 Å². The Morgan fingerprint density at radius 3 is 1.59 bits per heavy atom. The van der Waals surface area contributed by atoms with E-state index < -0.39 is 0 Å². The molecule has 0 aromatic heterocycles. The summed E-state index contributed by atoms with van der Waals surface area (Å²) in [6, 6.07) is 29.7. The first-order valence-corrected chi connectivity index (χ1v) is 9.81. The standard InChI is InChI=1S/C13H10.C11H11.2ClH.Zr/c1-3-7-12(8-4-1)11-13-9-5-2-6-10-13;1-2-6-10(5-1)9-11-7-3-4-8-11;;;/h1-10H;1-8,10H,9H2;2*1H;/q;-1;;;+2/p-2. The van der Waals surface area contributed by atoms with Gasteiger partial charge in [-0.15, -0.1) is 0 Å². The Kier molecular flexibility index (Phi) is 11.3. The van der Waals surface area contributed by atoms with Crippen LogP contribution in [0.1, 0.15) is 16.7 Å². The maximum atomic E-state index is 2.24. The average Bonchev–Trinajstić information content (AvgIpc) is 3.38. The molecule has 0 aliphatic heterocycles. The second-order valence-electron chi connectivity index (χ2n) is 6.04. The quantitative estimate of drug-likeness (QED) is 0.451. The Labute approximate surface area is 189 Å². The summed E-state index contributed by atoms with van der Waals surface area (Å²) in [5.41, 5.74) is 4.10. The van der Waals surface area contributed by atoms with Gasteiger partial charge in [0.05, 0.1) is 0 Å². The van der Waals surface area contributed by atoms with Crippen molar-refractivity contribution >= 4 is 3.21 Å². The minimum absolute atomic E-state index is 0. The van der Waals surface area contributed by atoms with Crippen LogP contribution in [0.3, 0.4) is 0 Å². The molecule has 0 fully saturated rings. The van der Waals surface area contributed by atoms with Crippen LogP contribution in [0, 0.1) is 5.92 Å². The molecule has 0 saturated carbocycles. The first-order valence-electron chi connectivity index (χ1n) is 8.58. The number of benzene rings is 2. The fourth-order valence-corrected chi connectivity index (χ4v) is 3.63. The van der Waals surface area contributed by atoms with E-state index in [1.807, 2.05) is 0 Å². The molecule has 3 aromatic carbocycles. The maximum absolute atomic E-state index is 2.24. The van der Waals surface area contributed by atoms with E-state index in [1.54, 1.807) is 0 Å². The molecule has 0 bridgehead atoms. The molecule has 0 nitrogen and oxygen atoms in total. The molecule has 3 aromatic rings. The van der Waals surface area contributed by atoms with Gasteiger partial charge in [-0.2, -0.15) is 17.7 Å². The zero-order valence-corrected chi connectivity index (χ0v) is 18.9. The van der Waals surface area contributed by atoms with Crippen molar-refractivity contribution in [2.45, 2.75) is 6.42 Å². The van der Waals surface area contributed by atoms with Gasteiger partial charge in [-0.3, -0.25) is 0 Å². The molecule has 0 saturated heterocycles. The molecule has 3 heteroatoms. The summed E-state index contributed by atoms with van der Waals surface area (Å²) in [6.07, 6.45) is 9.88. The predicted octanol–water partition coefficient (Wildman–Crippen LogP) is -0.500. The van der Waals surface area contributed by atoms with E-state index >= 15 is 0 Å². The van der Waals surface area contributed by atoms with E-state index in [2.05, 4.69) is 109 Å². The number of halogens is 2.